The lowest BCUT2D eigenvalue weighted by Gasteiger charge is -2.28. The number of ether oxygens (including phenoxy) is 1. The Bertz CT molecular complexity index is 136. The Kier molecular flexibility index (Phi) is 3.50. The second kappa shape index (κ2) is 4.21. The van der Waals surface area contributed by atoms with Crippen LogP contribution in [0.4, 0.5) is 0 Å². The first-order valence-corrected chi connectivity index (χ1v) is 4.58. The molecule has 1 aliphatic rings. The van der Waals surface area contributed by atoms with Gasteiger partial charge in [0, 0.05) is 25.3 Å². The fourth-order valence-electron chi connectivity index (χ4n) is 1.24. The molecule has 12 heavy (non-hydrogen) atoms. The van der Waals surface area contributed by atoms with E-state index in [0.29, 0.717) is 12.6 Å². The summed E-state index contributed by atoms with van der Waals surface area (Å²) in [6.45, 7) is 2.94. The molecule has 0 aromatic rings. The molecule has 0 spiro atoms. The highest BCUT2D eigenvalue weighted by molar-refractivity contribution is 4.92. The smallest absolute Gasteiger partial charge is 0.0611 e. The van der Waals surface area contributed by atoms with Gasteiger partial charge in [-0.1, -0.05) is 0 Å². The van der Waals surface area contributed by atoms with E-state index in [1.807, 2.05) is 6.92 Å². The minimum Gasteiger partial charge on any atom is -0.394 e. The van der Waals surface area contributed by atoms with Crippen LogP contribution in [0.1, 0.15) is 26.2 Å². The number of hydrogen-bond donors (Lipinski definition) is 2. The number of rotatable bonds is 6. The number of nitrogens with one attached hydrogen (secondary N) is 1. The van der Waals surface area contributed by atoms with Crippen LogP contribution in [-0.4, -0.2) is 37.0 Å². The van der Waals surface area contributed by atoms with Crippen LogP contribution >= 0.6 is 0 Å². The van der Waals surface area contributed by atoms with E-state index < -0.39 is 0 Å². The minimum absolute atomic E-state index is 0.142. The standard InChI is InChI=1S/C9H19NO2/c1-9(7-11,5-6-12-2)10-8-3-4-8/h8,10-11H,3-7H2,1-2H3. The van der Waals surface area contributed by atoms with Crippen molar-refractivity contribution in [1.29, 1.82) is 0 Å². The van der Waals surface area contributed by atoms with Gasteiger partial charge in [-0.2, -0.15) is 0 Å². The molecule has 2 N–H and O–H groups in total. The zero-order valence-corrected chi connectivity index (χ0v) is 7.97. The predicted molar refractivity (Wildman–Crippen MR) is 48.1 cm³/mol. The van der Waals surface area contributed by atoms with Crippen LogP contribution in [0.2, 0.25) is 0 Å². The van der Waals surface area contributed by atoms with Gasteiger partial charge in [0.15, 0.2) is 0 Å². The molecule has 1 atom stereocenters. The highest BCUT2D eigenvalue weighted by Crippen LogP contribution is 2.23. The van der Waals surface area contributed by atoms with Crippen molar-refractivity contribution >= 4 is 0 Å². The van der Waals surface area contributed by atoms with Crippen molar-refractivity contribution in [3.63, 3.8) is 0 Å². The van der Waals surface area contributed by atoms with Gasteiger partial charge in [0.2, 0.25) is 0 Å². The fraction of sp³-hybridized carbons (Fsp3) is 1.00. The molecular weight excluding hydrogens is 154 g/mol. The van der Waals surface area contributed by atoms with Crippen molar-refractivity contribution in [3.05, 3.63) is 0 Å². The first-order chi connectivity index (χ1) is 5.70. The van der Waals surface area contributed by atoms with Gasteiger partial charge < -0.3 is 15.2 Å². The average Bonchev–Trinajstić information content (AvgIpc) is 2.85. The van der Waals surface area contributed by atoms with Crippen LogP contribution in [0.25, 0.3) is 0 Å². The van der Waals surface area contributed by atoms with Crippen molar-refractivity contribution in [2.45, 2.75) is 37.8 Å². The Morgan fingerprint density at radius 2 is 2.25 bits per heavy atom. The van der Waals surface area contributed by atoms with E-state index >= 15 is 0 Å². The van der Waals surface area contributed by atoms with E-state index in [1.165, 1.54) is 12.8 Å². The van der Waals surface area contributed by atoms with Gasteiger partial charge in [0.25, 0.3) is 0 Å². The molecule has 0 radical (unpaired) electrons. The number of hydrogen-bond acceptors (Lipinski definition) is 3. The second-order valence-corrected chi connectivity index (χ2v) is 3.88. The molecule has 72 valence electrons. The van der Waals surface area contributed by atoms with E-state index in [9.17, 15) is 5.11 Å². The Morgan fingerprint density at radius 3 is 2.67 bits per heavy atom. The Labute approximate surface area is 74.1 Å². The van der Waals surface area contributed by atoms with E-state index in [0.717, 1.165) is 6.42 Å². The lowest BCUT2D eigenvalue weighted by Crippen LogP contribution is -2.47. The monoisotopic (exact) mass is 173 g/mol. The van der Waals surface area contributed by atoms with Crippen LogP contribution in [0.3, 0.4) is 0 Å². The topological polar surface area (TPSA) is 41.5 Å². The first-order valence-electron chi connectivity index (χ1n) is 4.58. The molecule has 1 fully saturated rings. The molecule has 3 heteroatoms. The lowest BCUT2D eigenvalue weighted by molar-refractivity contribution is 0.115. The van der Waals surface area contributed by atoms with Gasteiger partial charge in [-0.15, -0.1) is 0 Å². The van der Waals surface area contributed by atoms with Crippen molar-refractivity contribution in [2.75, 3.05) is 20.3 Å². The maximum Gasteiger partial charge on any atom is 0.0611 e. The summed E-state index contributed by atoms with van der Waals surface area (Å²) in [6.07, 6.45) is 3.38. The molecule has 0 aromatic heterocycles. The number of aliphatic hydroxyl groups excluding tert-OH is 1. The molecule has 1 unspecified atom stereocenters. The maximum absolute atomic E-state index is 9.17. The average molecular weight is 173 g/mol. The summed E-state index contributed by atoms with van der Waals surface area (Å²) >= 11 is 0. The normalized spacial score (nSPS) is 22.2. The molecule has 0 aliphatic heterocycles. The molecule has 1 saturated carbocycles. The third kappa shape index (κ3) is 3.09. The zero-order valence-electron chi connectivity index (χ0n) is 7.97. The predicted octanol–water partition coefficient (Wildman–Crippen LogP) is 0.526. The van der Waals surface area contributed by atoms with E-state index in [1.54, 1.807) is 7.11 Å². The molecule has 0 amide bonds. The largest absolute Gasteiger partial charge is 0.394 e. The van der Waals surface area contributed by atoms with Crippen molar-refractivity contribution < 1.29 is 9.84 Å². The maximum atomic E-state index is 9.17. The molecular formula is C9H19NO2. The Morgan fingerprint density at radius 1 is 1.58 bits per heavy atom. The van der Waals surface area contributed by atoms with E-state index in [4.69, 9.17) is 4.74 Å². The summed E-state index contributed by atoms with van der Waals surface area (Å²) in [6, 6.07) is 0.638. The second-order valence-electron chi connectivity index (χ2n) is 3.88. The van der Waals surface area contributed by atoms with Crippen LogP contribution in [0.15, 0.2) is 0 Å². The van der Waals surface area contributed by atoms with Gasteiger partial charge in [0.1, 0.15) is 0 Å². The first kappa shape index (κ1) is 9.96. The minimum atomic E-state index is -0.142. The summed E-state index contributed by atoms with van der Waals surface area (Å²) in [5.74, 6) is 0. The van der Waals surface area contributed by atoms with Gasteiger partial charge in [-0.3, -0.25) is 0 Å². The third-order valence-corrected chi connectivity index (χ3v) is 2.34. The van der Waals surface area contributed by atoms with Crippen LogP contribution < -0.4 is 5.32 Å². The van der Waals surface area contributed by atoms with E-state index in [2.05, 4.69) is 5.32 Å². The summed E-state index contributed by atoms with van der Waals surface area (Å²) < 4.78 is 4.99. The number of aliphatic hydroxyl groups is 1. The van der Waals surface area contributed by atoms with Crippen LogP contribution in [-0.2, 0) is 4.74 Å². The lowest BCUT2D eigenvalue weighted by atomic mass is 9.99. The molecule has 0 heterocycles. The molecule has 1 rings (SSSR count). The fourth-order valence-corrected chi connectivity index (χ4v) is 1.24. The third-order valence-electron chi connectivity index (χ3n) is 2.34. The van der Waals surface area contributed by atoms with Crippen molar-refractivity contribution in [2.24, 2.45) is 0 Å². The molecule has 3 nitrogen and oxygen atoms in total. The SMILES string of the molecule is COCCC(C)(CO)NC1CC1. The van der Waals surface area contributed by atoms with Crippen LogP contribution in [0, 0.1) is 0 Å². The summed E-state index contributed by atoms with van der Waals surface area (Å²) in [5, 5.41) is 12.6. The van der Waals surface area contributed by atoms with Gasteiger partial charge in [0.05, 0.1) is 6.61 Å². The van der Waals surface area contributed by atoms with Gasteiger partial charge in [-0.05, 0) is 26.2 Å². The molecule has 0 saturated heterocycles. The Hall–Kier alpha value is -0.120. The quantitative estimate of drug-likeness (QED) is 0.615. The Balaban J connectivity index is 2.25. The van der Waals surface area contributed by atoms with Crippen molar-refractivity contribution in [3.8, 4) is 0 Å². The zero-order chi connectivity index (χ0) is 9.03. The number of methoxy groups -OCH3 is 1. The summed E-state index contributed by atoms with van der Waals surface area (Å²) in [5.41, 5.74) is -0.142. The van der Waals surface area contributed by atoms with Gasteiger partial charge in [-0.25, -0.2) is 0 Å². The highest BCUT2D eigenvalue weighted by Gasteiger charge is 2.31. The molecule has 1 aliphatic carbocycles. The van der Waals surface area contributed by atoms with Crippen molar-refractivity contribution in [1.82, 2.24) is 5.32 Å². The van der Waals surface area contributed by atoms with Crippen LogP contribution in [0.5, 0.6) is 0 Å². The highest BCUT2D eigenvalue weighted by atomic mass is 16.5. The molecule has 0 bridgehead atoms. The van der Waals surface area contributed by atoms with Gasteiger partial charge >= 0.3 is 0 Å². The summed E-state index contributed by atoms with van der Waals surface area (Å²) in [4.78, 5) is 0. The molecule has 0 aromatic carbocycles. The van der Waals surface area contributed by atoms with E-state index in [-0.39, 0.29) is 12.1 Å². The summed E-state index contributed by atoms with van der Waals surface area (Å²) in [7, 11) is 1.69.